The molecule has 2 rings (SSSR count). The van der Waals surface area contributed by atoms with E-state index in [1.165, 1.54) is 15.6 Å². The van der Waals surface area contributed by atoms with E-state index in [2.05, 4.69) is 63.2 Å². The first-order valence-corrected chi connectivity index (χ1v) is 7.88. The molecule has 0 heterocycles. The van der Waals surface area contributed by atoms with Gasteiger partial charge in [-0.2, -0.15) is 0 Å². The van der Waals surface area contributed by atoms with Crippen LogP contribution in [0.15, 0.2) is 39.3 Å². The number of aryl methyl sites for hydroxylation is 2. The van der Waals surface area contributed by atoms with Gasteiger partial charge in [0.25, 0.3) is 0 Å². The number of benzene rings is 2. The SMILES string of the molecule is Cc1cc(NCc2ccc(Br)cc2Cl)cc(C)c1Br. The molecule has 0 aliphatic carbocycles. The van der Waals surface area contributed by atoms with Gasteiger partial charge in [-0.05, 0) is 54.8 Å². The number of rotatable bonds is 3. The van der Waals surface area contributed by atoms with Gasteiger partial charge < -0.3 is 5.32 Å². The fraction of sp³-hybridized carbons (Fsp3) is 0.200. The summed E-state index contributed by atoms with van der Waals surface area (Å²) in [6.45, 7) is 4.90. The molecule has 0 amide bonds. The van der Waals surface area contributed by atoms with E-state index in [1.807, 2.05) is 18.2 Å². The van der Waals surface area contributed by atoms with Gasteiger partial charge in [-0.3, -0.25) is 0 Å². The summed E-state index contributed by atoms with van der Waals surface area (Å²) in [5.41, 5.74) is 4.65. The summed E-state index contributed by atoms with van der Waals surface area (Å²) in [4.78, 5) is 0. The van der Waals surface area contributed by atoms with Crippen LogP contribution in [0.1, 0.15) is 16.7 Å². The van der Waals surface area contributed by atoms with Gasteiger partial charge in [-0.15, -0.1) is 0 Å². The molecule has 0 aliphatic heterocycles. The zero-order valence-corrected chi connectivity index (χ0v) is 14.7. The third-order valence-electron chi connectivity index (χ3n) is 2.93. The van der Waals surface area contributed by atoms with Crippen molar-refractivity contribution in [1.82, 2.24) is 0 Å². The van der Waals surface area contributed by atoms with Crippen molar-refractivity contribution in [2.24, 2.45) is 0 Å². The maximum atomic E-state index is 6.21. The Balaban J connectivity index is 2.14. The van der Waals surface area contributed by atoms with Gasteiger partial charge in [0.05, 0.1) is 0 Å². The van der Waals surface area contributed by atoms with Crippen molar-refractivity contribution in [3.05, 3.63) is 61.0 Å². The van der Waals surface area contributed by atoms with E-state index < -0.39 is 0 Å². The molecule has 0 bridgehead atoms. The fourth-order valence-corrected chi connectivity index (χ4v) is 2.88. The summed E-state index contributed by atoms with van der Waals surface area (Å²) >= 11 is 13.2. The highest BCUT2D eigenvalue weighted by Crippen LogP contribution is 2.26. The van der Waals surface area contributed by atoms with Crippen LogP contribution in [0.2, 0.25) is 5.02 Å². The van der Waals surface area contributed by atoms with Gasteiger partial charge >= 0.3 is 0 Å². The van der Waals surface area contributed by atoms with Crippen LogP contribution >= 0.6 is 43.5 Å². The van der Waals surface area contributed by atoms with Crippen molar-refractivity contribution in [1.29, 1.82) is 0 Å². The standard InChI is InChI=1S/C15H14Br2ClN/c1-9-5-13(6-10(2)15(9)17)19-8-11-3-4-12(16)7-14(11)18/h3-7,19H,8H2,1-2H3. The number of nitrogens with one attached hydrogen (secondary N) is 1. The minimum absolute atomic E-state index is 0.715. The van der Waals surface area contributed by atoms with Crippen molar-refractivity contribution in [2.45, 2.75) is 20.4 Å². The van der Waals surface area contributed by atoms with Gasteiger partial charge in [0, 0.05) is 26.2 Å². The molecule has 0 fully saturated rings. The minimum atomic E-state index is 0.715. The number of halogens is 3. The molecule has 0 radical (unpaired) electrons. The van der Waals surface area contributed by atoms with Gasteiger partial charge in [0.2, 0.25) is 0 Å². The van der Waals surface area contributed by atoms with Crippen LogP contribution in [0, 0.1) is 13.8 Å². The van der Waals surface area contributed by atoms with Crippen LogP contribution in [0.25, 0.3) is 0 Å². The van der Waals surface area contributed by atoms with E-state index in [4.69, 9.17) is 11.6 Å². The topological polar surface area (TPSA) is 12.0 Å². The van der Waals surface area contributed by atoms with Crippen LogP contribution in [-0.4, -0.2) is 0 Å². The Morgan fingerprint density at radius 3 is 2.26 bits per heavy atom. The number of hydrogen-bond acceptors (Lipinski definition) is 1. The van der Waals surface area contributed by atoms with Gasteiger partial charge in [-0.25, -0.2) is 0 Å². The van der Waals surface area contributed by atoms with Crippen molar-refractivity contribution in [2.75, 3.05) is 5.32 Å². The molecular formula is C15H14Br2ClN. The number of hydrogen-bond donors (Lipinski definition) is 1. The molecule has 0 atom stereocenters. The van der Waals surface area contributed by atoms with Crippen LogP contribution < -0.4 is 5.32 Å². The minimum Gasteiger partial charge on any atom is -0.381 e. The average molecular weight is 404 g/mol. The highest BCUT2D eigenvalue weighted by Gasteiger charge is 2.04. The van der Waals surface area contributed by atoms with Gasteiger partial charge in [0.15, 0.2) is 0 Å². The van der Waals surface area contributed by atoms with E-state index in [0.29, 0.717) is 6.54 Å². The molecule has 2 aromatic carbocycles. The molecule has 4 heteroatoms. The van der Waals surface area contributed by atoms with Crippen molar-refractivity contribution < 1.29 is 0 Å². The summed E-state index contributed by atoms with van der Waals surface area (Å²) in [5.74, 6) is 0. The van der Waals surface area contributed by atoms with Gasteiger partial charge in [0.1, 0.15) is 0 Å². The molecule has 1 N–H and O–H groups in total. The maximum Gasteiger partial charge on any atom is 0.0467 e. The molecule has 100 valence electrons. The Kier molecular flexibility index (Phi) is 4.93. The zero-order valence-electron chi connectivity index (χ0n) is 10.7. The lowest BCUT2D eigenvalue weighted by Gasteiger charge is -2.11. The van der Waals surface area contributed by atoms with E-state index in [-0.39, 0.29) is 0 Å². The Morgan fingerprint density at radius 2 is 1.68 bits per heavy atom. The summed E-state index contributed by atoms with van der Waals surface area (Å²) in [6.07, 6.45) is 0. The second kappa shape index (κ2) is 6.29. The Bertz CT molecular complexity index is 588. The third-order valence-corrected chi connectivity index (χ3v) is 5.03. The average Bonchev–Trinajstić information content (AvgIpc) is 2.34. The third kappa shape index (κ3) is 3.74. The molecule has 0 saturated carbocycles. The molecule has 19 heavy (non-hydrogen) atoms. The molecule has 0 aliphatic rings. The highest BCUT2D eigenvalue weighted by molar-refractivity contribution is 9.10. The lowest BCUT2D eigenvalue weighted by atomic mass is 10.1. The fourth-order valence-electron chi connectivity index (χ4n) is 1.91. The Morgan fingerprint density at radius 1 is 1.05 bits per heavy atom. The quantitative estimate of drug-likeness (QED) is 0.653. The predicted molar refractivity (Wildman–Crippen MR) is 90.1 cm³/mol. The van der Waals surface area contributed by atoms with Crippen LogP contribution in [0.4, 0.5) is 5.69 Å². The largest absolute Gasteiger partial charge is 0.381 e. The lowest BCUT2D eigenvalue weighted by molar-refractivity contribution is 1.14. The van der Waals surface area contributed by atoms with Crippen LogP contribution in [-0.2, 0) is 6.54 Å². The summed E-state index contributed by atoms with van der Waals surface area (Å²) in [6, 6.07) is 10.2. The van der Waals surface area contributed by atoms with E-state index in [1.54, 1.807) is 0 Å². The molecule has 1 nitrogen and oxygen atoms in total. The zero-order chi connectivity index (χ0) is 14.0. The first-order valence-electron chi connectivity index (χ1n) is 5.92. The normalized spacial score (nSPS) is 10.6. The molecular weight excluding hydrogens is 389 g/mol. The summed E-state index contributed by atoms with van der Waals surface area (Å²) in [5, 5.41) is 4.18. The van der Waals surface area contributed by atoms with Crippen LogP contribution in [0.5, 0.6) is 0 Å². The molecule has 0 unspecified atom stereocenters. The van der Waals surface area contributed by atoms with E-state index >= 15 is 0 Å². The molecule has 2 aromatic rings. The first-order chi connectivity index (χ1) is 8.97. The Hall–Kier alpha value is -0.510. The van der Waals surface area contributed by atoms with Crippen molar-refractivity contribution >= 4 is 49.1 Å². The Labute approximate surface area is 135 Å². The second-order valence-electron chi connectivity index (χ2n) is 4.51. The highest BCUT2D eigenvalue weighted by atomic mass is 79.9. The first kappa shape index (κ1) is 14.9. The molecule has 0 spiro atoms. The summed E-state index contributed by atoms with van der Waals surface area (Å²) in [7, 11) is 0. The van der Waals surface area contributed by atoms with Crippen molar-refractivity contribution in [3.8, 4) is 0 Å². The van der Waals surface area contributed by atoms with Crippen molar-refractivity contribution in [3.63, 3.8) is 0 Å². The predicted octanol–water partition coefficient (Wildman–Crippen LogP) is 6.09. The maximum absolute atomic E-state index is 6.21. The lowest BCUT2D eigenvalue weighted by Crippen LogP contribution is -2.01. The molecule has 0 aromatic heterocycles. The number of anilines is 1. The van der Waals surface area contributed by atoms with E-state index in [9.17, 15) is 0 Å². The molecule has 0 saturated heterocycles. The van der Waals surface area contributed by atoms with E-state index in [0.717, 1.165) is 20.7 Å². The smallest absolute Gasteiger partial charge is 0.0467 e. The monoisotopic (exact) mass is 401 g/mol. The summed E-state index contributed by atoms with van der Waals surface area (Å²) < 4.78 is 2.16. The van der Waals surface area contributed by atoms with Crippen LogP contribution in [0.3, 0.4) is 0 Å². The van der Waals surface area contributed by atoms with Gasteiger partial charge in [-0.1, -0.05) is 49.5 Å². The second-order valence-corrected chi connectivity index (χ2v) is 6.63.